The van der Waals surface area contributed by atoms with Gasteiger partial charge in [0.2, 0.25) is 17.7 Å². The first kappa shape index (κ1) is 18.2. The Kier molecular flexibility index (Phi) is 5.10. The third kappa shape index (κ3) is 4.57. The molecule has 0 bridgehead atoms. The summed E-state index contributed by atoms with van der Waals surface area (Å²) in [4.78, 5) is 32.7. The molecule has 8 nitrogen and oxygen atoms in total. The van der Waals surface area contributed by atoms with Crippen molar-refractivity contribution in [2.75, 3.05) is 6.61 Å². The topological polar surface area (TPSA) is 116 Å². The Bertz CT molecular complexity index is 866. The molecule has 1 aromatic carbocycles. The molecule has 28 heavy (non-hydrogen) atoms. The van der Waals surface area contributed by atoms with Gasteiger partial charge >= 0.3 is 6.09 Å². The van der Waals surface area contributed by atoms with E-state index in [1.165, 1.54) is 19.0 Å². The molecule has 0 saturated heterocycles. The lowest BCUT2D eigenvalue weighted by atomic mass is 10.1. The number of nitrogens with two attached hydrogens (primary N) is 1. The van der Waals surface area contributed by atoms with Crippen LogP contribution in [0.4, 0.5) is 4.79 Å². The lowest BCUT2D eigenvalue weighted by Gasteiger charge is -2.16. The zero-order valence-corrected chi connectivity index (χ0v) is 15.3. The van der Waals surface area contributed by atoms with Gasteiger partial charge in [0.1, 0.15) is 11.7 Å². The first-order valence-corrected chi connectivity index (χ1v) is 9.42. The number of benzene rings is 1. The van der Waals surface area contributed by atoms with Crippen LogP contribution in [-0.4, -0.2) is 28.6 Å². The number of carbonyl (C=O) groups is 2. The van der Waals surface area contributed by atoms with Crippen LogP contribution in [0.2, 0.25) is 0 Å². The number of carbonyl (C=O) groups excluding carboxylic acids is 2. The molecule has 2 aliphatic carbocycles. The molecular formula is C20H22N4O4. The highest BCUT2D eigenvalue weighted by atomic mass is 16.6. The van der Waals surface area contributed by atoms with Crippen LogP contribution >= 0.6 is 0 Å². The first-order valence-electron chi connectivity index (χ1n) is 9.42. The van der Waals surface area contributed by atoms with Gasteiger partial charge in [-0.3, -0.25) is 4.79 Å². The SMILES string of the molecule is NC(=O)[C@@H](NC(=O)Oc1cnc(C2CC2)c(OCC2CC2)n1)c1ccccc1. The van der Waals surface area contributed by atoms with Gasteiger partial charge in [-0.15, -0.1) is 0 Å². The molecule has 0 unspecified atom stereocenters. The maximum absolute atomic E-state index is 12.3. The van der Waals surface area contributed by atoms with Gasteiger partial charge in [-0.25, -0.2) is 9.78 Å². The molecule has 2 amide bonds. The molecule has 0 spiro atoms. The van der Waals surface area contributed by atoms with E-state index in [0.717, 1.165) is 18.5 Å². The molecule has 0 radical (unpaired) electrons. The summed E-state index contributed by atoms with van der Waals surface area (Å²) in [6.45, 7) is 0.599. The molecule has 146 valence electrons. The van der Waals surface area contributed by atoms with Crippen molar-refractivity contribution in [2.24, 2.45) is 11.7 Å². The second kappa shape index (κ2) is 7.84. The van der Waals surface area contributed by atoms with Gasteiger partial charge < -0.3 is 20.5 Å². The monoisotopic (exact) mass is 382 g/mol. The molecule has 2 aliphatic rings. The Balaban J connectivity index is 1.44. The summed E-state index contributed by atoms with van der Waals surface area (Å²) in [7, 11) is 0. The third-order valence-corrected chi connectivity index (χ3v) is 4.74. The molecular weight excluding hydrogens is 360 g/mol. The van der Waals surface area contributed by atoms with Crippen molar-refractivity contribution in [3.05, 3.63) is 47.8 Å². The summed E-state index contributed by atoms with van der Waals surface area (Å²) in [5.74, 6) is 0.691. The number of rotatable bonds is 8. The summed E-state index contributed by atoms with van der Waals surface area (Å²) in [6, 6.07) is 7.71. The van der Waals surface area contributed by atoms with Crippen LogP contribution < -0.4 is 20.5 Å². The predicted octanol–water partition coefficient (Wildman–Crippen LogP) is 2.46. The maximum Gasteiger partial charge on any atom is 0.414 e. The molecule has 2 fully saturated rings. The number of ether oxygens (including phenoxy) is 2. The van der Waals surface area contributed by atoms with Gasteiger partial charge in [0.15, 0.2) is 0 Å². The summed E-state index contributed by atoms with van der Waals surface area (Å²) >= 11 is 0. The van der Waals surface area contributed by atoms with Crippen molar-refractivity contribution in [2.45, 2.75) is 37.6 Å². The Labute approximate surface area is 162 Å². The second-order valence-electron chi connectivity index (χ2n) is 7.21. The van der Waals surface area contributed by atoms with E-state index in [1.54, 1.807) is 30.3 Å². The van der Waals surface area contributed by atoms with E-state index in [2.05, 4.69) is 15.3 Å². The number of primary amides is 1. The van der Waals surface area contributed by atoms with E-state index in [1.807, 2.05) is 0 Å². The average Bonchev–Trinajstić information content (AvgIpc) is 3.59. The molecule has 8 heteroatoms. The fourth-order valence-electron chi connectivity index (χ4n) is 2.85. The van der Waals surface area contributed by atoms with Crippen molar-refractivity contribution in [3.63, 3.8) is 0 Å². The van der Waals surface area contributed by atoms with Gasteiger partial charge in [0.05, 0.1) is 12.8 Å². The summed E-state index contributed by atoms with van der Waals surface area (Å²) < 4.78 is 11.0. The normalized spacial score (nSPS) is 16.9. The Morgan fingerprint density at radius 1 is 1.18 bits per heavy atom. The van der Waals surface area contributed by atoms with Crippen LogP contribution in [-0.2, 0) is 4.79 Å². The minimum absolute atomic E-state index is 0.0176. The number of nitrogens with one attached hydrogen (secondary N) is 1. The highest BCUT2D eigenvalue weighted by molar-refractivity contribution is 5.85. The molecule has 2 aromatic rings. The smallest absolute Gasteiger partial charge is 0.414 e. The Morgan fingerprint density at radius 3 is 2.57 bits per heavy atom. The van der Waals surface area contributed by atoms with Crippen molar-refractivity contribution in [1.29, 1.82) is 0 Å². The van der Waals surface area contributed by atoms with E-state index in [0.29, 0.717) is 29.9 Å². The lowest BCUT2D eigenvalue weighted by Crippen LogP contribution is -2.39. The number of amides is 2. The summed E-state index contributed by atoms with van der Waals surface area (Å²) in [5.41, 5.74) is 6.79. The number of hydrogen-bond acceptors (Lipinski definition) is 6. The van der Waals surface area contributed by atoms with Gasteiger partial charge in [-0.05, 0) is 37.2 Å². The van der Waals surface area contributed by atoms with Crippen molar-refractivity contribution in [3.8, 4) is 11.8 Å². The van der Waals surface area contributed by atoms with Crippen LogP contribution in [0.25, 0.3) is 0 Å². The summed E-state index contributed by atoms with van der Waals surface area (Å²) in [6.07, 6.45) is 5.02. The molecule has 1 atom stereocenters. The number of nitrogens with zero attached hydrogens (tertiary/aromatic N) is 2. The second-order valence-corrected chi connectivity index (χ2v) is 7.21. The Morgan fingerprint density at radius 2 is 1.93 bits per heavy atom. The average molecular weight is 382 g/mol. The molecule has 1 aromatic heterocycles. The van der Waals surface area contributed by atoms with E-state index in [9.17, 15) is 9.59 Å². The fraction of sp³-hybridized carbons (Fsp3) is 0.400. The third-order valence-electron chi connectivity index (χ3n) is 4.74. The van der Waals surface area contributed by atoms with E-state index in [4.69, 9.17) is 15.2 Å². The van der Waals surface area contributed by atoms with E-state index in [-0.39, 0.29) is 5.88 Å². The zero-order valence-electron chi connectivity index (χ0n) is 15.3. The van der Waals surface area contributed by atoms with Crippen LogP contribution in [0, 0.1) is 5.92 Å². The zero-order chi connectivity index (χ0) is 19.5. The van der Waals surface area contributed by atoms with Crippen molar-refractivity contribution < 1.29 is 19.1 Å². The van der Waals surface area contributed by atoms with Crippen LogP contribution in [0.15, 0.2) is 36.5 Å². The molecule has 0 aliphatic heterocycles. The minimum Gasteiger partial charge on any atom is -0.476 e. The number of aromatic nitrogens is 2. The highest BCUT2D eigenvalue weighted by Crippen LogP contribution is 2.43. The highest BCUT2D eigenvalue weighted by Gasteiger charge is 2.31. The van der Waals surface area contributed by atoms with Crippen molar-refractivity contribution >= 4 is 12.0 Å². The first-order chi connectivity index (χ1) is 13.6. The predicted molar refractivity (Wildman–Crippen MR) is 99.8 cm³/mol. The van der Waals surface area contributed by atoms with Crippen molar-refractivity contribution in [1.82, 2.24) is 15.3 Å². The van der Waals surface area contributed by atoms with Crippen LogP contribution in [0.1, 0.15) is 48.9 Å². The molecule has 3 N–H and O–H groups in total. The number of hydrogen-bond donors (Lipinski definition) is 2. The van der Waals surface area contributed by atoms with Gasteiger partial charge in [-0.2, -0.15) is 4.98 Å². The summed E-state index contributed by atoms with van der Waals surface area (Å²) in [5, 5.41) is 2.47. The van der Waals surface area contributed by atoms with Gasteiger partial charge in [-0.1, -0.05) is 30.3 Å². The van der Waals surface area contributed by atoms with E-state index < -0.39 is 18.0 Å². The lowest BCUT2D eigenvalue weighted by molar-refractivity contribution is -0.120. The molecule has 2 saturated carbocycles. The van der Waals surface area contributed by atoms with Crippen LogP contribution in [0.5, 0.6) is 11.8 Å². The van der Waals surface area contributed by atoms with E-state index >= 15 is 0 Å². The van der Waals surface area contributed by atoms with Gasteiger partial charge in [0, 0.05) is 5.92 Å². The fourth-order valence-corrected chi connectivity index (χ4v) is 2.85. The van der Waals surface area contributed by atoms with Gasteiger partial charge in [0.25, 0.3) is 0 Å². The largest absolute Gasteiger partial charge is 0.476 e. The van der Waals surface area contributed by atoms with Crippen LogP contribution in [0.3, 0.4) is 0 Å². The standard InChI is InChI=1S/C20H22N4O4/c21-18(25)16(13-4-2-1-3-5-13)24-20(26)28-15-10-22-17(14-8-9-14)19(23-15)27-11-12-6-7-12/h1-5,10,12,14,16H,6-9,11H2,(H2,21,25)(H,24,26)/t16-/m0/s1. The minimum atomic E-state index is -1.00. The maximum atomic E-state index is 12.3. The Hall–Kier alpha value is -3.16. The molecule has 4 rings (SSSR count). The molecule has 1 heterocycles. The quantitative estimate of drug-likeness (QED) is 0.724.